The Morgan fingerprint density at radius 3 is 2.11 bits per heavy atom. The van der Waals surface area contributed by atoms with Crippen molar-refractivity contribution in [2.24, 2.45) is 5.92 Å². The van der Waals surface area contributed by atoms with Gasteiger partial charge in [0.1, 0.15) is 0 Å². The van der Waals surface area contributed by atoms with Crippen molar-refractivity contribution in [3.05, 3.63) is 29.8 Å². The van der Waals surface area contributed by atoms with Crippen LogP contribution in [0, 0.1) is 5.92 Å². The van der Waals surface area contributed by atoms with Gasteiger partial charge in [-0.25, -0.2) is 0 Å². The molecule has 2 amide bonds. The summed E-state index contributed by atoms with van der Waals surface area (Å²) in [6.45, 7) is 6.49. The third kappa shape index (κ3) is 4.39. The highest BCUT2D eigenvalue weighted by atomic mass is 16.2. The third-order valence-corrected chi connectivity index (χ3v) is 3.11. The summed E-state index contributed by atoms with van der Waals surface area (Å²) in [7, 11) is 0. The molecule has 104 valence electrons. The van der Waals surface area contributed by atoms with Crippen LogP contribution in [0.4, 0.5) is 5.69 Å². The molecule has 0 aliphatic rings. The van der Waals surface area contributed by atoms with Crippen LogP contribution in [0.2, 0.25) is 0 Å². The summed E-state index contributed by atoms with van der Waals surface area (Å²) < 4.78 is 0. The zero-order valence-corrected chi connectivity index (χ0v) is 11.8. The van der Waals surface area contributed by atoms with Crippen LogP contribution in [0.25, 0.3) is 0 Å². The van der Waals surface area contributed by atoms with Crippen molar-refractivity contribution in [1.29, 1.82) is 0 Å². The van der Waals surface area contributed by atoms with Crippen LogP contribution >= 0.6 is 0 Å². The van der Waals surface area contributed by atoms with Crippen molar-refractivity contribution in [2.75, 3.05) is 11.9 Å². The Kier molecular flexibility index (Phi) is 6.06. The van der Waals surface area contributed by atoms with E-state index in [1.54, 1.807) is 24.3 Å². The maximum atomic E-state index is 11.9. The molecule has 4 nitrogen and oxygen atoms in total. The van der Waals surface area contributed by atoms with E-state index in [1.807, 2.05) is 20.8 Å². The van der Waals surface area contributed by atoms with Gasteiger partial charge in [-0.15, -0.1) is 0 Å². The highest BCUT2D eigenvalue weighted by Crippen LogP contribution is 2.14. The Bertz CT molecular complexity index is 422. The normalized spacial score (nSPS) is 10.3. The molecule has 0 heterocycles. The first kappa shape index (κ1) is 15.2. The molecule has 0 unspecified atom stereocenters. The molecule has 1 rings (SSSR count). The van der Waals surface area contributed by atoms with E-state index in [2.05, 4.69) is 10.6 Å². The second kappa shape index (κ2) is 7.56. The summed E-state index contributed by atoms with van der Waals surface area (Å²) in [6.07, 6.45) is 1.67. The molecule has 1 aromatic rings. The third-order valence-electron chi connectivity index (χ3n) is 3.11. The van der Waals surface area contributed by atoms with E-state index < -0.39 is 0 Å². The van der Waals surface area contributed by atoms with Crippen LogP contribution in [0.3, 0.4) is 0 Å². The number of carbonyl (C=O) groups excluding carboxylic acids is 2. The lowest BCUT2D eigenvalue weighted by molar-refractivity contribution is -0.120. The van der Waals surface area contributed by atoms with Crippen molar-refractivity contribution in [1.82, 2.24) is 5.32 Å². The van der Waals surface area contributed by atoms with Crippen molar-refractivity contribution < 1.29 is 9.59 Å². The maximum Gasteiger partial charge on any atom is 0.251 e. The monoisotopic (exact) mass is 262 g/mol. The molecular weight excluding hydrogens is 240 g/mol. The smallest absolute Gasteiger partial charge is 0.251 e. The van der Waals surface area contributed by atoms with Gasteiger partial charge in [-0.1, -0.05) is 13.8 Å². The van der Waals surface area contributed by atoms with E-state index in [-0.39, 0.29) is 17.7 Å². The number of amides is 2. The van der Waals surface area contributed by atoms with Gasteiger partial charge in [0.25, 0.3) is 5.91 Å². The number of anilines is 1. The number of benzene rings is 1. The summed E-state index contributed by atoms with van der Waals surface area (Å²) in [5, 5.41) is 5.60. The van der Waals surface area contributed by atoms with Crippen LogP contribution in [-0.2, 0) is 4.79 Å². The van der Waals surface area contributed by atoms with Gasteiger partial charge in [0.15, 0.2) is 0 Å². The molecule has 19 heavy (non-hydrogen) atoms. The molecule has 0 aliphatic heterocycles. The number of carbonyl (C=O) groups is 2. The lowest BCUT2D eigenvalue weighted by atomic mass is 10.0. The zero-order chi connectivity index (χ0) is 14.3. The molecule has 0 atom stereocenters. The minimum Gasteiger partial charge on any atom is -0.352 e. The summed E-state index contributed by atoms with van der Waals surface area (Å²) in [5.74, 6) is -0.0146. The SMILES string of the molecule is CCNC(=O)c1ccc(NC(=O)C(CC)CC)cc1. The van der Waals surface area contributed by atoms with Gasteiger partial charge in [0.2, 0.25) is 5.91 Å². The zero-order valence-electron chi connectivity index (χ0n) is 11.8. The first-order chi connectivity index (χ1) is 9.12. The molecule has 0 saturated heterocycles. The number of rotatable bonds is 6. The van der Waals surface area contributed by atoms with Crippen molar-refractivity contribution in [3.8, 4) is 0 Å². The molecule has 0 bridgehead atoms. The summed E-state index contributed by atoms with van der Waals surface area (Å²) in [5.41, 5.74) is 1.33. The molecule has 0 saturated carbocycles. The minimum atomic E-state index is -0.0969. The molecule has 0 aliphatic carbocycles. The lowest BCUT2D eigenvalue weighted by Gasteiger charge is -2.13. The summed E-state index contributed by atoms with van der Waals surface area (Å²) >= 11 is 0. The van der Waals surface area contributed by atoms with Crippen molar-refractivity contribution in [3.63, 3.8) is 0 Å². The average Bonchev–Trinajstić information content (AvgIpc) is 2.41. The van der Waals surface area contributed by atoms with Gasteiger partial charge < -0.3 is 10.6 Å². The van der Waals surface area contributed by atoms with E-state index in [0.717, 1.165) is 18.5 Å². The average molecular weight is 262 g/mol. The summed E-state index contributed by atoms with van der Waals surface area (Å²) in [6, 6.07) is 6.94. The maximum absolute atomic E-state index is 11.9. The number of nitrogens with one attached hydrogen (secondary N) is 2. The van der Waals surface area contributed by atoms with Crippen molar-refractivity contribution in [2.45, 2.75) is 33.6 Å². The van der Waals surface area contributed by atoms with Gasteiger partial charge >= 0.3 is 0 Å². The molecular formula is C15H22N2O2. The quantitative estimate of drug-likeness (QED) is 0.828. The molecule has 4 heteroatoms. The van der Waals surface area contributed by atoms with Crippen LogP contribution in [-0.4, -0.2) is 18.4 Å². The Morgan fingerprint density at radius 2 is 1.63 bits per heavy atom. The second-order valence-corrected chi connectivity index (χ2v) is 4.44. The van der Waals surface area contributed by atoms with Gasteiger partial charge in [0.05, 0.1) is 0 Å². The summed E-state index contributed by atoms with van der Waals surface area (Å²) in [4.78, 5) is 23.5. The van der Waals surface area contributed by atoms with Crippen LogP contribution < -0.4 is 10.6 Å². The van der Waals surface area contributed by atoms with Crippen molar-refractivity contribution >= 4 is 17.5 Å². The topological polar surface area (TPSA) is 58.2 Å². The molecule has 0 fully saturated rings. The number of hydrogen-bond donors (Lipinski definition) is 2. The molecule has 0 spiro atoms. The van der Waals surface area contributed by atoms with E-state index in [1.165, 1.54) is 0 Å². The fraction of sp³-hybridized carbons (Fsp3) is 0.467. The van der Waals surface area contributed by atoms with E-state index >= 15 is 0 Å². The Morgan fingerprint density at radius 1 is 1.05 bits per heavy atom. The van der Waals surface area contributed by atoms with Gasteiger partial charge in [-0.3, -0.25) is 9.59 Å². The second-order valence-electron chi connectivity index (χ2n) is 4.44. The first-order valence-corrected chi connectivity index (χ1v) is 6.81. The van der Waals surface area contributed by atoms with Gasteiger partial charge in [0, 0.05) is 23.7 Å². The number of hydrogen-bond acceptors (Lipinski definition) is 2. The first-order valence-electron chi connectivity index (χ1n) is 6.81. The van der Waals surface area contributed by atoms with E-state index in [4.69, 9.17) is 0 Å². The highest BCUT2D eigenvalue weighted by molar-refractivity contribution is 5.96. The molecule has 1 aromatic carbocycles. The Balaban J connectivity index is 2.66. The fourth-order valence-electron chi connectivity index (χ4n) is 1.87. The Hall–Kier alpha value is -1.84. The fourth-order valence-corrected chi connectivity index (χ4v) is 1.87. The molecule has 2 N–H and O–H groups in total. The minimum absolute atomic E-state index is 0.0377. The van der Waals surface area contributed by atoms with E-state index in [0.29, 0.717) is 12.1 Å². The van der Waals surface area contributed by atoms with Gasteiger partial charge in [-0.05, 0) is 44.0 Å². The Labute approximate surface area is 114 Å². The van der Waals surface area contributed by atoms with Crippen LogP contribution in [0.15, 0.2) is 24.3 Å². The lowest BCUT2D eigenvalue weighted by Crippen LogP contribution is -2.23. The predicted octanol–water partition coefficient (Wildman–Crippen LogP) is 2.81. The van der Waals surface area contributed by atoms with Crippen LogP contribution in [0.1, 0.15) is 44.0 Å². The van der Waals surface area contributed by atoms with Crippen LogP contribution in [0.5, 0.6) is 0 Å². The largest absolute Gasteiger partial charge is 0.352 e. The predicted molar refractivity (Wildman–Crippen MR) is 77.2 cm³/mol. The molecule has 0 aromatic heterocycles. The van der Waals surface area contributed by atoms with E-state index in [9.17, 15) is 9.59 Å². The highest BCUT2D eigenvalue weighted by Gasteiger charge is 2.14. The standard InChI is InChI=1S/C15H22N2O2/c1-4-11(5-2)15(19)17-13-9-7-12(8-10-13)14(18)16-6-3/h7-11H,4-6H2,1-3H3,(H,16,18)(H,17,19). The van der Waals surface area contributed by atoms with Gasteiger partial charge in [-0.2, -0.15) is 0 Å². The molecule has 0 radical (unpaired) electrons.